The number of rotatable bonds is 6. The molecule has 2 rings (SSSR count). The molecule has 1 heterocycles. The van der Waals surface area contributed by atoms with Gasteiger partial charge >= 0.3 is 0 Å². The van der Waals surface area contributed by atoms with E-state index in [1.807, 2.05) is 6.92 Å². The lowest BCUT2D eigenvalue weighted by atomic mass is 10.3. The van der Waals surface area contributed by atoms with Gasteiger partial charge in [0, 0.05) is 5.69 Å². The van der Waals surface area contributed by atoms with Crippen molar-refractivity contribution >= 4 is 63.7 Å². The minimum absolute atomic E-state index is 0.0800. The Bertz CT molecular complexity index is 733. The molecule has 0 bridgehead atoms. The van der Waals surface area contributed by atoms with Crippen molar-refractivity contribution in [3.05, 3.63) is 48.4 Å². The van der Waals surface area contributed by atoms with Crippen LogP contribution in [0.3, 0.4) is 0 Å². The van der Waals surface area contributed by atoms with Gasteiger partial charge in [-0.25, -0.2) is 0 Å². The smallest absolute Gasteiger partial charge is 0.288 e. The van der Waals surface area contributed by atoms with E-state index in [1.54, 1.807) is 30.3 Å². The normalized spacial score (nSPS) is 12.2. The Kier molecular flexibility index (Phi) is 7.40. The van der Waals surface area contributed by atoms with E-state index in [9.17, 15) is 4.79 Å². The number of halogens is 3. The maximum atomic E-state index is 12.1. The molecular weight excluding hydrogens is 421 g/mol. The molecule has 2 aromatic rings. The minimum Gasteiger partial charge on any atom is -0.494 e. The van der Waals surface area contributed by atoms with Gasteiger partial charge in [0.15, 0.2) is 10.9 Å². The Morgan fingerprint density at radius 3 is 2.46 bits per heavy atom. The van der Waals surface area contributed by atoms with Gasteiger partial charge in [-0.05, 0) is 55.5 Å². The fourth-order valence-electron chi connectivity index (χ4n) is 1.91. The molecular formula is C16H16Cl3N3O3S. The number of thiocarbonyl (C=S) groups is 1. The van der Waals surface area contributed by atoms with Crippen LogP contribution in [0.2, 0.25) is 0 Å². The SMILES string of the molecule is CCOc1ccc(NC(=S)N[C@@H](NC(=O)c2ccco2)C(Cl)(Cl)Cl)cc1. The van der Waals surface area contributed by atoms with Crippen LogP contribution in [0, 0.1) is 0 Å². The Morgan fingerprint density at radius 1 is 1.23 bits per heavy atom. The van der Waals surface area contributed by atoms with E-state index in [0.29, 0.717) is 12.3 Å². The summed E-state index contributed by atoms with van der Waals surface area (Å²) in [6, 6.07) is 10.2. The molecule has 6 nitrogen and oxygen atoms in total. The van der Waals surface area contributed by atoms with E-state index in [-0.39, 0.29) is 10.9 Å². The van der Waals surface area contributed by atoms with Crippen molar-refractivity contribution in [1.29, 1.82) is 0 Å². The molecule has 0 saturated carbocycles. The number of hydrogen-bond donors (Lipinski definition) is 3. The topological polar surface area (TPSA) is 75.5 Å². The van der Waals surface area contributed by atoms with Crippen molar-refractivity contribution in [2.75, 3.05) is 11.9 Å². The molecule has 140 valence electrons. The van der Waals surface area contributed by atoms with Crippen LogP contribution >= 0.6 is 47.0 Å². The summed E-state index contributed by atoms with van der Waals surface area (Å²) in [4.78, 5) is 12.1. The van der Waals surface area contributed by atoms with Gasteiger partial charge in [-0.1, -0.05) is 34.8 Å². The summed E-state index contributed by atoms with van der Waals surface area (Å²) in [5.74, 6) is 0.265. The molecule has 1 aromatic heterocycles. The molecule has 0 saturated heterocycles. The number of alkyl halides is 3. The fourth-order valence-corrected chi connectivity index (χ4v) is 2.47. The number of carbonyl (C=O) groups excluding carboxylic acids is 1. The number of nitrogens with one attached hydrogen (secondary N) is 3. The zero-order chi connectivity index (χ0) is 19.2. The summed E-state index contributed by atoms with van der Waals surface area (Å²) >= 11 is 23.0. The lowest BCUT2D eigenvalue weighted by molar-refractivity contribution is 0.0906. The van der Waals surface area contributed by atoms with Gasteiger partial charge in [0.25, 0.3) is 5.91 Å². The van der Waals surface area contributed by atoms with E-state index < -0.39 is 15.9 Å². The molecule has 1 amide bonds. The first kappa shape index (κ1) is 20.6. The zero-order valence-electron chi connectivity index (χ0n) is 13.6. The van der Waals surface area contributed by atoms with Crippen LogP contribution in [0.1, 0.15) is 17.5 Å². The van der Waals surface area contributed by atoms with Gasteiger partial charge in [-0.2, -0.15) is 0 Å². The molecule has 0 radical (unpaired) electrons. The first-order chi connectivity index (χ1) is 12.3. The lowest BCUT2D eigenvalue weighted by Crippen LogP contribution is -2.56. The Labute approximate surface area is 171 Å². The third kappa shape index (κ3) is 6.25. The average Bonchev–Trinajstić information content (AvgIpc) is 3.10. The van der Waals surface area contributed by atoms with Crippen LogP contribution in [0.4, 0.5) is 5.69 Å². The van der Waals surface area contributed by atoms with Crippen molar-refractivity contribution in [2.24, 2.45) is 0 Å². The lowest BCUT2D eigenvalue weighted by Gasteiger charge is -2.27. The first-order valence-electron chi connectivity index (χ1n) is 7.51. The van der Waals surface area contributed by atoms with E-state index in [4.69, 9.17) is 56.2 Å². The van der Waals surface area contributed by atoms with Gasteiger partial charge in [0.05, 0.1) is 12.9 Å². The second-order valence-corrected chi connectivity index (χ2v) is 7.76. The van der Waals surface area contributed by atoms with Crippen molar-refractivity contribution in [2.45, 2.75) is 16.9 Å². The number of benzene rings is 1. The number of hydrogen-bond acceptors (Lipinski definition) is 4. The molecule has 0 fully saturated rings. The second-order valence-electron chi connectivity index (χ2n) is 4.98. The maximum absolute atomic E-state index is 12.1. The van der Waals surface area contributed by atoms with Gasteiger partial charge in [0.2, 0.25) is 3.79 Å². The molecule has 1 atom stereocenters. The molecule has 10 heteroatoms. The molecule has 26 heavy (non-hydrogen) atoms. The molecule has 0 aliphatic heterocycles. The number of anilines is 1. The van der Waals surface area contributed by atoms with E-state index in [0.717, 1.165) is 5.75 Å². The standard InChI is InChI=1S/C16H16Cl3N3O3S/c1-2-24-11-7-5-10(6-8-11)20-15(26)22-14(16(17,18)19)21-13(23)12-4-3-9-25-12/h3-9,14H,2H2,1H3,(H,21,23)(H2,20,22,26)/t14-/m1/s1. The first-order valence-corrected chi connectivity index (χ1v) is 9.05. The van der Waals surface area contributed by atoms with Gasteiger partial charge < -0.3 is 25.1 Å². The largest absolute Gasteiger partial charge is 0.494 e. The van der Waals surface area contributed by atoms with E-state index >= 15 is 0 Å². The molecule has 1 aromatic carbocycles. The van der Waals surface area contributed by atoms with Crippen LogP contribution < -0.4 is 20.7 Å². The number of furan rings is 1. The van der Waals surface area contributed by atoms with Crippen LogP contribution in [0.25, 0.3) is 0 Å². The van der Waals surface area contributed by atoms with Crippen molar-refractivity contribution in [3.63, 3.8) is 0 Å². The molecule has 0 aliphatic carbocycles. The number of ether oxygens (including phenoxy) is 1. The molecule has 0 spiro atoms. The summed E-state index contributed by atoms with van der Waals surface area (Å²) in [5.41, 5.74) is 0.700. The van der Waals surface area contributed by atoms with Gasteiger partial charge in [-0.3, -0.25) is 4.79 Å². The predicted octanol–water partition coefficient (Wildman–Crippen LogP) is 4.09. The number of carbonyl (C=O) groups is 1. The second kappa shape index (κ2) is 9.32. The molecule has 0 unspecified atom stereocenters. The third-order valence-corrected chi connectivity index (χ3v) is 3.92. The summed E-state index contributed by atoms with van der Waals surface area (Å²) in [7, 11) is 0. The Hall–Kier alpha value is -1.67. The van der Waals surface area contributed by atoms with Crippen molar-refractivity contribution < 1.29 is 13.9 Å². The zero-order valence-corrected chi connectivity index (χ0v) is 16.7. The average molecular weight is 437 g/mol. The van der Waals surface area contributed by atoms with Crippen LogP contribution in [0.15, 0.2) is 47.1 Å². The van der Waals surface area contributed by atoms with E-state index in [2.05, 4.69) is 16.0 Å². The maximum Gasteiger partial charge on any atom is 0.288 e. The third-order valence-electron chi connectivity index (χ3n) is 3.05. The highest BCUT2D eigenvalue weighted by Crippen LogP contribution is 2.29. The monoisotopic (exact) mass is 435 g/mol. The predicted molar refractivity (Wildman–Crippen MR) is 107 cm³/mol. The Balaban J connectivity index is 1.98. The highest BCUT2D eigenvalue weighted by Gasteiger charge is 2.35. The summed E-state index contributed by atoms with van der Waals surface area (Å²) in [5, 5.41) is 8.37. The highest BCUT2D eigenvalue weighted by atomic mass is 35.6. The van der Waals surface area contributed by atoms with Crippen molar-refractivity contribution in [3.8, 4) is 5.75 Å². The Morgan fingerprint density at radius 2 is 1.92 bits per heavy atom. The van der Waals surface area contributed by atoms with Crippen LogP contribution in [0.5, 0.6) is 5.75 Å². The summed E-state index contributed by atoms with van der Waals surface area (Å²) < 4.78 is 8.53. The quantitative estimate of drug-likeness (QED) is 0.360. The summed E-state index contributed by atoms with van der Waals surface area (Å²) in [6.45, 7) is 2.48. The van der Waals surface area contributed by atoms with Gasteiger partial charge in [0.1, 0.15) is 11.9 Å². The fraction of sp³-hybridized carbons (Fsp3) is 0.250. The van der Waals surface area contributed by atoms with Crippen LogP contribution in [-0.4, -0.2) is 27.6 Å². The highest BCUT2D eigenvalue weighted by molar-refractivity contribution is 7.80. The van der Waals surface area contributed by atoms with Gasteiger partial charge in [-0.15, -0.1) is 0 Å². The molecule has 0 aliphatic rings. The van der Waals surface area contributed by atoms with Crippen molar-refractivity contribution in [1.82, 2.24) is 10.6 Å². The van der Waals surface area contributed by atoms with E-state index in [1.165, 1.54) is 12.3 Å². The molecule has 3 N–H and O–H groups in total. The minimum atomic E-state index is -1.85. The van der Waals surface area contributed by atoms with Crippen LogP contribution in [-0.2, 0) is 0 Å². The number of amides is 1. The summed E-state index contributed by atoms with van der Waals surface area (Å²) in [6.07, 6.45) is 0.276.